The second-order valence-electron chi connectivity index (χ2n) is 8.20. The number of anilines is 1. The Morgan fingerprint density at radius 2 is 1.55 bits per heavy atom. The van der Waals surface area contributed by atoms with Crippen molar-refractivity contribution < 1.29 is 28.3 Å². The third-order valence-electron chi connectivity index (χ3n) is 6.05. The van der Waals surface area contributed by atoms with E-state index in [2.05, 4.69) is 6.92 Å². The summed E-state index contributed by atoms with van der Waals surface area (Å²) in [6, 6.07) is 11.0. The summed E-state index contributed by atoms with van der Waals surface area (Å²) in [5.74, 6) is -2.07. The van der Waals surface area contributed by atoms with Gasteiger partial charge in [0.05, 0.1) is 23.1 Å². The van der Waals surface area contributed by atoms with Crippen molar-refractivity contribution in [2.45, 2.75) is 26.2 Å². The van der Waals surface area contributed by atoms with Crippen LogP contribution in [0.2, 0.25) is 0 Å². The predicted molar refractivity (Wildman–Crippen MR) is 110 cm³/mol. The van der Waals surface area contributed by atoms with E-state index in [0.29, 0.717) is 11.6 Å². The van der Waals surface area contributed by atoms with Gasteiger partial charge in [0.1, 0.15) is 5.82 Å². The van der Waals surface area contributed by atoms with E-state index in [1.807, 2.05) is 0 Å². The van der Waals surface area contributed by atoms with Gasteiger partial charge in [0, 0.05) is 5.56 Å². The zero-order valence-corrected chi connectivity index (χ0v) is 17.0. The number of esters is 1. The second kappa shape index (κ2) is 8.41. The molecule has 2 amide bonds. The third-order valence-corrected chi connectivity index (χ3v) is 6.05. The minimum Gasteiger partial charge on any atom is -0.454 e. The van der Waals surface area contributed by atoms with E-state index in [1.165, 1.54) is 41.3 Å². The van der Waals surface area contributed by atoms with Crippen LogP contribution in [0.25, 0.3) is 0 Å². The monoisotopic (exact) mass is 423 g/mol. The standard InChI is InChI=1S/C24H22FNO5/c1-14-2-11-19-20(12-14)23(29)26(22(19)28)18-9-5-16(6-10-18)24(30)31-13-21(27)15-3-7-17(25)8-4-15/h3-10,14,19-20H,2,11-13H2,1H3/t14-,19-,20-/m1/s1. The molecule has 2 aliphatic rings. The molecular weight excluding hydrogens is 401 g/mol. The summed E-state index contributed by atoms with van der Waals surface area (Å²) in [7, 11) is 0. The number of imide groups is 1. The minimum atomic E-state index is -0.705. The molecule has 0 N–H and O–H groups in total. The molecule has 160 valence electrons. The van der Waals surface area contributed by atoms with Gasteiger partial charge in [-0.05, 0) is 73.7 Å². The molecule has 0 radical (unpaired) electrons. The van der Waals surface area contributed by atoms with E-state index >= 15 is 0 Å². The Balaban J connectivity index is 1.40. The quantitative estimate of drug-likeness (QED) is 0.415. The highest BCUT2D eigenvalue weighted by Crippen LogP contribution is 2.42. The highest BCUT2D eigenvalue weighted by atomic mass is 19.1. The van der Waals surface area contributed by atoms with Crippen molar-refractivity contribution in [3.8, 4) is 0 Å². The minimum absolute atomic E-state index is 0.179. The predicted octanol–water partition coefficient (Wildman–Crippen LogP) is 3.79. The normalized spacial score (nSPS) is 22.9. The number of hydrogen-bond donors (Lipinski definition) is 0. The molecule has 31 heavy (non-hydrogen) atoms. The van der Waals surface area contributed by atoms with Crippen LogP contribution in [0.15, 0.2) is 48.5 Å². The van der Waals surface area contributed by atoms with Gasteiger partial charge >= 0.3 is 5.97 Å². The Labute approximate surface area is 179 Å². The fourth-order valence-electron chi connectivity index (χ4n) is 4.32. The van der Waals surface area contributed by atoms with Crippen molar-refractivity contribution in [1.82, 2.24) is 0 Å². The number of ketones is 1. The van der Waals surface area contributed by atoms with Crippen LogP contribution in [0.4, 0.5) is 10.1 Å². The first-order chi connectivity index (χ1) is 14.8. The Morgan fingerprint density at radius 3 is 2.23 bits per heavy atom. The maximum absolute atomic E-state index is 12.9. The van der Waals surface area contributed by atoms with Crippen LogP contribution in [0.3, 0.4) is 0 Å². The smallest absolute Gasteiger partial charge is 0.338 e. The Morgan fingerprint density at radius 1 is 0.935 bits per heavy atom. The average Bonchev–Trinajstić information content (AvgIpc) is 3.02. The summed E-state index contributed by atoms with van der Waals surface area (Å²) in [6.07, 6.45) is 2.38. The topological polar surface area (TPSA) is 80.8 Å². The summed E-state index contributed by atoms with van der Waals surface area (Å²) in [6.45, 7) is 1.62. The van der Waals surface area contributed by atoms with Gasteiger partial charge < -0.3 is 4.74 Å². The van der Waals surface area contributed by atoms with Crippen LogP contribution in [0.1, 0.15) is 46.9 Å². The van der Waals surface area contributed by atoms with E-state index in [-0.39, 0.29) is 34.8 Å². The van der Waals surface area contributed by atoms with Crippen molar-refractivity contribution in [2.75, 3.05) is 11.5 Å². The van der Waals surface area contributed by atoms with Gasteiger partial charge in [-0.15, -0.1) is 0 Å². The number of hydrogen-bond acceptors (Lipinski definition) is 5. The Bertz CT molecular complexity index is 1030. The maximum Gasteiger partial charge on any atom is 0.338 e. The number of carbonyl (C=O) groups excluding carboxylic acids is 4. The van der Waals surface area contributed by atoms with Crippen molar-refractivity contribution in [2.24, 2.45) is 17.8 Å². The molecule has 2 aromatic rings. The number of halogens is 1. The molecule has 0 aromatic heterocycles. The van der Waals surface area contributed by atoms with E-state index in [1.54, 1.807) is 0 Å². The number of benzene rings is 2. The second-order valence-corrected chi connectivity index (χ2v) is 8.20. The van der Waals surface area contributed by atoms with Crippen LogP contribution in [-0.4, -0.2) is 30.2 Å². The molecule has 1 saturated carbocycles. The average molecular weight is 423 g/mol. The van der Waals surface area contributed by atoms with Gasteiger partial charge in [0.15, 0.2) is 12.4 Å². The molecule has 2 aromatic carbocycles. The van der Waals surface area contributed by atoms with E-state index in [0.717, 1.165) is 31.4 Å². The maximum atomic E-state index is 12.9. The van der Waals surface area contributed by atoms with Gasteiger partial charge in [0.2, 0.25) is 11.8 Å². The molecule has 0 bridgehead atoms. The molecular formula is C24H22FNO5. The number of fused-ring (bicyclic) bond motifs is 1. The lowest BCUT2D eigenvalue weighted by molar-refractivity contribution is -0.122. The number of nitrogens with zero attached hydrogens (tertiary/aromatic N) is 1. The van der Waals surface area contributed by atoms with E-state index in [4.69, 9.17) is 4.74 Å². The number of rotatable bonds is 5. The molecule has 1 aliphatic carbocycles. The lowest BCUT2D eigenvalue weighted by atomic mass is 9.76. The fourth-order valence-corrected chi connectivity index (χ4v) is 4.32. The van der Waals surface area contributed by atoms with Gasteiger partial charge in [-0.25, -0.2) is 9.18 Å². The number of amides is 2. The number of carbonyl (C=O) groups is 4. The Kier molecular flexibility index (Phi) is 5.67. The first kappa shape index (κ1) is 20.9. The van der Waals surface area contributed by atoms with Crippen LogP contribution >= 0.6 is 0 Å². The zero-order chi connectivity index (χ0) is 22.1. The number of ether oxygens (including phenoxy) is 1. The molecule has 3 atom stereocenters. The van der Waals surface area contributed by atoms with Gasteiger partial charge in [-0.1, -0.05) is 6.92 Å². The number of Topliss-reactive ketones (excluding diaryl/α,β-unsaturated/α-hetero) is 1. The van der Waals surface area contributed by atoms with Crippen LogP contribution in [0.5, 0.6) is 0 Å². The van der Waals surface area contributed by atoms with Crippen molar-refractivity contribution in [1.29, 1.82) is 0 Å². The molecule has 1 heterocycles. The van der Waals surface area contributed by atoms with Crippen LogP contribution in [-0.2, 0) is 14.3 Å². The third kappa shape index (κ3) is 4.13. The first-order valence-electron chi connectivity index (χ1n) is 10.3. The van der Waals surface area contributed by atoms with E-state index in [9.17, 15) is 23.6 Å². The van der Waals surface area contributed by atoms with Gasteiger partial charge in [-0.2, -0.15) is 0 Å². The van der Waals surface area contributed by atoms with Crippen molar-refractivity contribution in [3.05, 3.63) is 65.5 Å². The highest BCUT2D eigenvalue weighted by molar-refractivity contribution is 6.22. The summed E-state index contributed by atoms with van der Waals surface area (Å²) in [5.41, 5.74) is 0.864. The summed E-state index contributed by atoms with van der Waals surface area (Å²) >= 11 is 0. The molecule has 0 spiro atoms. The summed E-state index contributed by atoms with van der Waals surface area (Å²) in [4.78, 5) is 51.1. The van der Waals surface area contributed by atoms with Crippen molar-refractivity contribution >= 4 is 29.3 Å². The molecule has 0 unspecified atom stereocenters. The van der Waals surface area contributed by atoms with Gasteiger partial charge in [-0.3, -0.25) is 19.3 Å². The highest BCUT2D eigenvalue weighted by Gasteiger charge is 2.49. The molecule has 6 nitrogen and oxygen atoms in total. The zero-order valence-electron chi connectivity index (χ0n) is 17.0. The largest absolute Gasteiger partial charge is 0.454 e. The first-order valence-corrected chi connectivity index (χ1v) is 10.3. The lowest BCUT2D eigenvalue weighted by Gasteiger charge is -2.25. The molecule has 2 fully saturated rings. The molecule has 1 saturated heterocycles. The molecule has 7 heteroatoms. The lowest BCUT2D eigenvalue weighted by Crippen LogP contribution is -2.30. The SMILES string of the molecule is C[C@@H]1CC[C@H]2C(=O)N(c3ccc(C(=O)OCC(=O)c4ccc(F)cc4)cc3)C(=O)[C@@H]2C1. The molecule has 1 aliphatic heterocycles. The van der Waals surface area contributed by atoms with Gasteiger partial charge in [0.25, 0.3) is 0 Å². The summed E-state index contributed by atoms with van der Waals surface area (Å²) < 4.78 is 18.0. The molecule has 4 rings (SSSR count). The Hall–Kier alpha value is -3.35. The van der Waals surface area contributed by atoms with Crippen LogP contribution in [0, 0.1) is 23.6 Å². The van der Waals surface area contributed by atoms with E-state index < -0.39 is 24.2 Å². The summed E-state index contributed by atoms with van der Waals surface area (Å²) in [5, 5.41) is 0. The van der Waals surface area contributed by atoms with Crippen LogP contribution < -0.4 is 4.90 Å². The van der Waals surface area contributed by atoms with Crippen molar-refractivity contribution in [3.63, 3.8) is 0 Å². The fraction of sp³-hybridized carbons (Fsp3) is 0.333.